The van der Waals surface area contributed by atoms with Gasteiger partial charge in [0, 0.05) is 5.92 Å². The summed E-state index contributed by atoms with van der Waals surface area (Å²) in [6.45, 7) is 4.01. The van der Waals surface area contributed by atoms with Gasteiger partial charge in [0.1, 0.15) is 0 Å². The molecular weight excluding hydrogens is 642 g/mol. The smallest absolute Gasteiger partial charge is 0.260 e. The molecule has 3 fully saturated rings. The summed E-state index contributed by atoms with van der Waals surface area (Å²) < 4.78 is 5.38. The first-order valence-corrected chi connectivity index (χ1v) is 17.5. The minimum absolute atomic E-state index is 0.105. The van der Waals surface area contributed by atoms with Crippen molar-refractivity contribution in [3.8, 4) is 11.5 Å². The number of phenolic OH excluding ortho intramolecular Hbond substituents is 1. The summed E-state index contributed by atoms with van der Waals surface area (Å²) in [5.41, 5.74) is 7.04. The van der Waals surface area contributed by atoms with E-state index < -0.39 is 46.8 Å². The van der Waals surface area contributed by atoms with Crippen LogP contribution in [0.4, 0.5) is 11.4 Å². The maximum Gasteiger partial charge on any atom is 0.260 e. The molecule has 51 heavy (non-hydrogen) atoms. The highest BCUT2D eigenvalue weighted by molar-refractivity contribution is 6.22. The molecule has 2 saturated heterocycles. The van der Waals surface area contributed by atoms with Crippen molar-refractivity contribution in [3.05, 3.63) is 131 Å². The van der Waals surface area contributed by atoms with E-state index in [2.05, 4.69) is 5.43 Å². The molecule has 2 N–H and O–H groups in total. The number of allylic oxidation sites excluding steroid dienone is 2. The van der Waals surface area contributed by atoms with Gasteiger partial charge in [-0.15, -0.1) is 0 Å². The number of hydrogen-bond donors (Lipinski definition) is 2. The summed E-state index contributed by atoms with van der Waals surface area (Å²) in [7, 11) is 1.47. The molecule has 4 aromatic rings. The van der Waals surface area contributed by atoms with Crippen LogP contribution in [0.15, 0.2) is 109 Å². The predicted molar refractivity (Wildman–Crippen MR) is 192 cm³/mol. The second kappa shape index (κ2) is 12.3. The molecule has 9 heteroatoms. The van der Waals surface area contributed by atoms with Crippen LogP contribution in [-0.4, -0.2) is 40.9 Å². The van der Waals surface area contributed by atoms with Crippen LogP contribution in [0.3, 0.4) is 0 Å². The highest BCUT2D eigenvalue weighted by Gasteiger charge is 2.70. The van der Waals surface area contributed by atoms with Crippen molar-refractivity contribution in [1.29, 1.82) is 0 Å². The van der Waals surface area contributed by atoms with Gasteiger partial charge in [-0.1, -0.05) is 84.8 Å². The minimum Gasteiger partial charge on any atom is -0.504 e. The van der Waals surface area contributed by atoms with Crippen LogP contribution in [0.5, 0.6) is 11.5 Å². The van der Waals surface area contributed by atoms with Gasteiger partial charge in [0.2, 0.25) is 11.8 Å². The summed E-state index contributed by atoms with van der Waals surface area (Å²) in [4.78, 5) is 59.9. The number of aryl methyl sites for hydroxylation is 2. The van der Waals surface area contributed by atoms with Crippen molar-refractivity contribution in [3.63, 3.8) is 0 Å². The molecule has 258 valence electrons. The number of hydrogen-bond acceptors (Lipinski definition) is 7. The predicted octanol–water partition coefficient (Wildman–Crippen LogP) is 6.46. The second-order valence-electron chi connectivity index (χ2n) is 14.1. The van der Waals surface area contributed by atoms with Gasteiger partial charge in [-0.05, 0) is 85.2 Å². The van der Waals surface area contributed by atoms with E-state index in [0.717, 1.165) is 28.1 Å². The number of carbonyl (C=O) groups excluding carboxylic acids is 4. The van der Waals surface area contributed by atoms with Gasteiger partial charge in [0.05, 0.1) is 41.7 Å². The van der Waals surface area contributed by atoms with Crippen LogP contribution >= 0.6 is 0 Å². The number of hydrazine groups is 1. The maximum absolute atomic E-state index is 15.2. The lowest BCUT2D eigenvalue weighted by atomic mass is 9.49. The topological polar surface area (TPSA) is 116 Å². The average molecular weight is 682 g/mol. The summed E-state index contributed by atoms with van der Waals surface area (Å²) in [6.07, 6.45) is 3.35. The molecule has 2 heterocycles. The number of ether oxygens (including phenoxy) is 1. The van der Waals surface area contributed by atoms with Gasteiger partial charge in [-0.3, -0.25) is 29.5 Å². The highest BCUT2D eigenvalue weighted by Crippen LogP contribution is 2.64. The Morgan fingerprint density at radius 2 is 1.59 bits per heavy atom. The van der Waals surface area contributed by atoms with Crippen molar-refractivity contribution < 1.29 is 29.0 Å². The zero-order valence-corrected chi connectivity index (χ0v) is 28.7. The second-order valence-corrected chi connectivity index (χ2v) is 14.1. The molecule has 2 aliphatic heterocycles. The van der Waals surface area contributed by atoms with Crippen LogP contribution in [0.1, 0.15) is 47.9 Å². The molecule has 0 spiro atoms. The van der Waals surface area contributed by atoms with Gasteiger partial charge < -0.3 is 9.84 Å². The average Bonchev–Trinajstić information content (AvgIpc) is 3.53. The third kappa shape index (κ3) is 4.82. The van der Waals surface area contributed by atoms with Crippen LogP contribution in [0.2, 0.25) is 0 Å². The first-order valence-electron chi connectivity index (χ1n) is 17.5. The first kappa shape index (κ1) is 32.5. The van der Waals surface area contributed by atoms with Crippen molar-refractivity contribution in [1.82, 2.24) is 5.01 Å². The summed E-state index contributed by atoms with van der Waals surface area (Å²) in [5.74, 6) is -4.65. The van der Waals surface area contributed by atoms with E-state index in [9.17, 15) is 19.5 Å². The third-order valence-corrected chi connectivity index (χ3v) is 11.5. The minimum atomic E-state index is -1.42. The fraction of sp³-hybridized carbons (Fsp3) is 0.286. The van der Waals surface area contributed by atoms with E-state index in [-0.39, 0.29) is 29.7 Å². The van der Waals surface area contributed by atoms with Crippen LogP contribution in [-0.2, 0) is 31.0 Å². The Morgan fingerprint density at radius 1 is 0.863 bits per heavy atom. The Hall–Kier alpha value is -5.70. The summed E-state index contributed by atoms with van der Waals surface area (Å²) in [5, 5.41) is 12.2. The molecule has 6 unspecified atom stereocenters. The van der Waals surface area contributed by atoms with E-state index in [1.807, 2.05) is 105 Å². The lowest BCUT2D eigenvalue weighted by Gasteiger charge is -2.50. The number of nitrogens with one attached hydrogen (secondary N) is 1. The molecule has 8 rings (SSSR count). The van der Waals surface area contributed by atoms with E-state index in [1.165, 1.54) is 12.0 Å². The number of benzene rings is 4. The van der Waals surface area contributed by atoms with Gasteiger partial charge in [-0.2, -0.15) is 5.01 Å². The number of rotatable bonds is 7. The van der Waals surface area contributed by atoms with Gasteiger partial charge in [-0.25, -0.2) is 0 Å². The lowest BCUT2D eigenvalue weighted by Crippen LogP contribution is -2.53. The largest absolute Gasteiger partial charge is 0.504 e. The van der Waals surface area contributed by atoms with Crippen molar-refractivity contribution in [2.75, 3.05) is 17.4 Å². The van der Waals surface area contributed by atoms with E-state index in [0.29, 0.717) is 28.9 Å². The van der Waals surface area contributed by atoms with E-state index >= 15 is 4.79 Å². The SMILES string of the molecule is CCc1ccc(N2C(=O)C3CC=C4C(CC5C(=O)N(Nc6ccc(C)cc6)C(=O)C5(c5ccccc5)C4c4ccc(OC)c(O)c4)C3C2=O)cc1. The Bertz CT molecular complexity index is 2090. The Kier molecular flexibility index (Phi) is 7.81. The number of anilines is 2. The summed E-state index contributed by atoms with van der Waals surface area (Å²) in [6, 6.07) is 29.4. The lowest BCUT2D eigenvalue weighted by molar-refractivity contribution is -0.138. The number of carbonyl (C=O) groups is 4. The Labute approximate surface area is 296 Å². The standard InChI is InChI=1S/C42H39N3O6/c1-4-25-12-17-29(18-13-25)44-38(47)31-20-19-30-32(36(31)40(44)49)23-33-39(48)45(43-28-15-10-24(2)11-16-28)41(50)42(33,27-8-6-5-7-9-27)37(30)26-14-21-35(51-3)34(46)22-26/h5-19,21-22,31-33,36-37,43,46H,4,20,23H2,1-3H3. The normalized spacial score (nSPS) is 26.8. The van der Waals surface area contributed by atoms with Crippen molar-refractivity contribution in [2.45, 2.75) is 44.4 Å². The van der Waals surface area contributed by atoms with E-state index in [1.54, 1.807) is 12.1 Å². The molecule has 4 aliphatic rings. The van der Waals surface area contributed by atoms with Gasteiger partial charge in [0.25, 0.3) is 11.8 Å². The quantitative estimate of drug-likeness (QED) is 0.170. The van der Waals surface area contributed by atoms with E-state index in [4.69, 9.17) is 4.74 Å². The summed E-state index contributed by atoms with van der Waals surface area (Å²) >= 11 is 0. The molecule has 4 aromatic carbocycles. The maximum atomic E-state index is 15.2. The fourth-order valence-electron chi connectivity index (χ4n) is 9.14. The molecular formula is C42H39N3O6. The van der Waals surface area contributed by atoms with Gasteiger partial charge >= 0.3 is 0 Å². The molecule has 0 aromatic heterocycles. The number of methoxy groups -OCH3 is 1. The molecule has 9 nitrogen and oxygen atoms in total. The van der Waals surface area contributed by atoms with Crippen LogP contribution in [0, 0.1) is 30.6 Å². The fourth-order valence-corrected chi connectivity index (χ4v) is 9.14. The number of phenols is 1. The molecule has 0 radical (unpaired) electrons. The Balaban J connectivity index is 1.31. The number of amides is 4. The molecule has 4 amide bonds. The highest BCUT2D eigenvalue weighted by atomic mass is 16.5. The third-order valence-electron chi connectivity index (χ3n) is 11.5. The molecule has 6 atom stereocenters. The zero-order chi connectivity index (χ0) is 35.6. The number of aromatic hydroxyl groups is 1. The molecule has 1 saturated carbocycles. The van der Waals surface area contributed by atoms with Crippen LogP contribution < -0.4 is 15.1 Å². The molecule has 0 bridgehead atoms. The van der Waals surface area contributed by atoms with Crippen molar-refractivity contribution in [2.24, 2.45) is 23.7 Å². The van der Waals surface area contributed by atoms with Crippen molar-refractivity contribution >= 4 is 35.0 Å². The van der Waals surface area contributed by atoms with Gasteiger partial charge in [0.15, 0.2) is 11.5 Å². The number of imide groups is 2. The zero-order valence-electron chi connectivity index (χ0n) is 28.7. The number of nitrogens with zero attached hydrogens (tertiary/aromatic N) is 2. The Morgan fingerprint density at radius 3 is 2.25 bits per heavy atom. The van der Waals surface area contributed by atoms with Crippen LogP contribution in [0.25, 0.3) is 0 Å². The molecule has 2 aliphatic carbocycles. The monoisotopic (exact) mass is 681 g/mol. The first-order chi connectivity index (χ1) is 24.7. The number of fused-ring (bicyclic) bond motifs is 4.